The zero-order valence-electron chi connectivity index (χ0n) is 14.4. The van der Waals surface area contributed by atoms with E-state index in [1.165, 1.54) is 5.56 Å². The first-order valence-corrected chi connectivity index (χ1v) is 8.81. The summed E-state index contributed by atoms with van der Waals surface area (Å²) in [5, 5.41) is 0. The molecule has 0 amide bonds. The van der Waals surface area contributed by atoms with E-state index in [2.05, 4.69) is 11.1 Å². The summed E-state index contributed by atoms with van der Waals surface area (Å²) in [6.07, 6.45) is 7.52. The van der Waals surface area contributed by atoms with Gasteiger partial charge in [0, 0.05) is 30.5 Å². The lowest BCUT2D eigenvalue weighted by atomic mass is 9.96. The predicted octanol–water partition coefficient (Wildman–Crippen LogP) is 5.07. The van der Waals surface area contributed by atoms with Crippen LogP contribution in [0.5, 0.6) is 5.75 Å². The highest BCUT2D eigenvalue weighted by Crippen LogP contribution is 2.28. The smallest absolute Gasteiger partial charge is 0.159 e. The van der Waals surface area contributed by atoms with Gasteiger partial charge in [-0.1, -0.05) is 36.4 Å². The van der Waals surface area contributed by atoms with E-state index in [0.29, 0.717) is 12.2 Å². The van der Waals surface area contributed by atoms with Crippen LogP contribution in [-0.2, 0) is 11.2 Å². The molecule has 0 saturated heterocycles. The Hall–Kier alpha value is -3.20. The number of hydrogen-bond acceptors (Lipinski definition) is 3. The highest BCUT2D eigenvalue weighted by molar-refractivity contribution is 5.96. The Morgan fingerprint density at radius 1 is 0.808 bits per heavy atom. The maximum Gasteiger partial charge on any atom is 0.159 e. The number of nitrogens with zero attached hydrogens (tertiary/aromatic N) is 1. The van der Waals surface area contributed by atoms with Crippen molar-refractivity contribution in [3.05, 3.63) is 90.3 Å². The molecule has 4 rings (SSSR count). The van der Waals surface area contributed by atoms with Gasteiger partial charge in [0.15, 0.2) is 5.78 Å². The fourth-order valence-corrected chi connectivity index (χ4v) is 3.20. The van der Waals surface area contributed by atoms with E-state index in [4.69, 9.17) is 4.74 Å². The lowest BCUT2D eigenvalue weighted by molar-refractivity contribution is -0.114. The number of fused-ring (bicyclic) bond motifs is 1. The van der Waals surface area contributed by atoms with Crippen molar-refractivity contribution in [3.8, 4) is 16.9 Å². The molecular weight excluding hydrogens is 322 g/mol. The van der Waals surface area contributed by atoms with Crippen LogP contribution in [0.3, 0.4) is 0 Å². The number of ketones is 1. The molecule has 0 N–H and O–H groups in total. The number of allylic oxidation sites excluding steroid dienone is 1. The van der Waals surface area contributed by atoms with E-state index in [1.54, 1.807) is 18.5 Å². The van der Waals surface area contributed by atoms with E-state index in [0.717, 1.165) is 35.3 Å². The summed E-state index contributed by atoms with van der Waals surface area (Å²) in [5.74, 6) is 1.46. The molecule has 1 aliphatic carbocycles. The summed E-state index contributed by atoms with van der Waals surface area (Å²) in [7, 11) is 0. The van der Waals surface area contributed by atoms with Gasteiger partial charge in [-0.25, -0.2) is 0 Å². The van der Waals surface area contributed by atoms with Gasteiger partial charge >= 0.3 is 0 Å². The van der Waals surface area contributed by atoms with Gasteiger partial charge in [0.2, 0.25) is 0 Å². The zero-order chi connectivity index (χ0) is 17.8. The van der Waals surface area contributed by atoms with Crippen molar-refractivity contribution in [2.45, 2.75) is 19.3 Å². The van der Waals surface area contributed by atoms with Gasteiger partial charge < -0.3 is 4.74 Å². The summed E-state index contributed by atoms with van der Waals surface area (Å²) < 4.78 is 6.11. The Bertz CT molecular complexity index is 943. The molecule has 3 aromatic rings. The molecule has 0 saturated carbocycles. The third kappa shape index (κ3) is 3.57. The maximum absolute atomic E-state index is 12.1. The number of aryl methyl sites for hydroxylation is 1. The average molecular weight is 341 g/mol. The molecule has 0 bridgehead atoms. The highest BCUT2D eigenvalue weighted by atomic mass is 16.5. The van der Waals surface area contributed by atoms with E-state index in [-0.39, 0.29) is 5.78 Å². The Balaban J connectivity index is 1.63. The van der Waals surface area contributed by atoms with Crippen LogP contribution in [0, 0.1) is 0 Å². The van der Waals surface area contributed by atoms with E-state index < -0.39 is 0 Å². The number of pyridine rings is 1. The molecule has 2 aromatic carbocycles. The van der Waals surface area contributed by atoms with Crippen molar-refractivity contribution in [1.29, 1.82) is 0 Å². The molecule has 1 heterocycles. The number of benzene rings is 2. The lowest BCUT2D eigenvalue weighted by Crippen LogP contribution is -2.07. The number of carbonyl (C=O) groups is 1. The molecule has 26 heavy (non-hydrogen) atoms. The quantitative estimate of drug-likeness (QED) is 0.667. The normalized spacial score (nSPS) is 16.0. The second kappa shape index (κ2) is 7.36. The average Bonchev–Trinajstić information content (AvgIpc) is 2.68. The minimum Gasteiger partial charge on any atom is -0.457 e. The van der Waals surface area contributed by atoms with E-state index >= 15 is 0 Å². The summed E-state index contributed by atoms with van der Waals surface area (Å²) in [6.45, 7) is 0. The molecule has 3 heteroatoms. The summed E-state index contributed by atoms with van der Waals surface area (Å²) in [6, 6.07) is 20.0. The fraction of sp³-hybridized carbons (Fsp3) is 0.130. The van der Waals surface area contributed by atoms with Crippen molar-refractivity contribution in [2.75, 3.05) is 0 Å². The molecule has 3 nitrogen and oxygen atoms in total. The summed E-state index contributed by atoms with van der Waals surface area (Å²) in [5.41, 5.74) is 4.43. The van der Waals surface area contributed by atoms with Crippen molar-refractivity contribution >= 4 is 11.5 Å². The Labute approximate surface area is 153 Å². The zero-order valence-corrected chi connectivity index (χ0v) is 14.4. The predicted molar refractivity (Wildman–Crippen MR) is 103 cm³/mol. The van der Waals surface area contributed by atoms with Crippen LogP contribution in [0.4, 0.5) is 0 Å². The first kappa shape index (κ1) is 16.3. The van der Waals surface area contributed by atoms with E-state index in [9.17, 15) is 4.79 Å². The Kier molecular flexibility index (Phi) is 4.61. The second-order valence-electron chi connectivity index (χ2n) is 6.35. The third-order valence-electron chi connectivity index (χ3n) is 4.54. The number of carbonyl (C=O) groups excluding carboxylic acids is 1. The molecule has 128 valence electrons. The number of aromatic nitrogens is 1. The number of hydrogen-bond donors (Lipinski definition) is 0. The first-order valence-electron chi connectivity index (χ1n) is 8.81. The highest BCUT2D eigenvalue weighted by Gasteiger charge is 2.15. The summed E-state index contributed by atoms with van der Waals surface area (Å²) in [4.78, 5) is 16.2. The van der Waals surface area contributed by atoms with Crippen molar-refractivity contribution < 1.29 is 9.53 Å². The van der Waals surface area contributed by atoms with Gasteiger partial charge in [0.05, 0.1) is 0 Å². The molecule has 1 aromatic heterocycles. The Morgan fingerprint density at radius 2 is 1.54 bits per heavy atom. The van der Waals surface area contributed by atoms with Gasteiger partial charge in [-0.3, -0.25) is 9.78 Å². The molecule has 0 aliphatic heterocycles. The van der Waals surface area contributed by atoms with Gasteiger partial charge in [-0.2, -0.15) is 0 Å². The third-order valence-corrected chi connectivity index (χ3v) is 4.54. The minimum absolute atomic E-state index is 0.114. The van der Waals surface area contributed by atoms with Crippen LogP contribution >= 0.6 is 0 Å². The van der Waals surface area contributed by atoms with Crippen LogP contribution in [0.25, 0.3) is 16.9 Å². The van der Waals surface area contributed by atoms with Crippen LogP contribution < -0.4 is 4.74 Å². The molecule has 0 unspecified atom stereocenters. The summed E-state index contributed by atoms with van der Waals surface area (Å²) >= 11 is 0. The van der Waals surface area contributed by atoms with Crippen molar-refractivity contribution in [2.24, 2.45) is 0 Å². The monoisotopic (exact) mass is 341 g/mol. The Morgan fingerprint density at radius 3 is 2.35 bits per heavy atom. The van der Waals surface area contributed by atoms with Gasteiger partial charge in [0.1, 0.15) is 11.5 Å². The van der Waals surface area contributed by atoms with Gasteiger partial charge in [-0.05, 0) is 53.8 Å². The second-order valence-corrected chi connectivity index (χ2v) is 6.35. The topological polar surface area (TPSA) is 39.2 Å². The van der Waals surface area contributed by atoms with Crippen molar-refractivity contribution in [1.82, 2.24) is 4.98 Å². The molecule has 0 spiro atoms. The molecular formula is C23H19NO2. The SMILES string of the molecule is O=C1/C=C(/Oc2ccc(-c3ccncc3)cc2)c2ccccc2CCC1. The van der Waals surface area contributed by atoms with E-state index in [1.807, 2.05) is 54.6 Å². The molecule has 0 atom stereocenters. The first-order chi connectivity index (χ1) is 12.8. The molecule has 0 fully saturated rings. The van der Waals surface area contributed by atoms with Gasteiger partial charge in [-0.15, -0.1) is 0 Å². The minimum atomic E-state index is 0.114. The fourth-order valence-electron chi connectivity index (χ4n) is 3.20. The standard InChI is InChI=1S/C23H19NO2/c25-20-6-3-5-19-4-1-2-7-22(19)23(16-20)26-21-10-8-17(9-11-21)18-12-14-24-15-13-18/h1-2,4,7-16H,3,5-6H2/b23-16+. The van der Waals surface area contributed by atoms with Crippen LogP contribution in [-0.4, -0.2) is 10.8 Å². The van der Waals surface area contributed by atoms with Gasteiger partial charge in [0.25, 0.3) is 0 Å². The van der Waals surface area contributed by atoms with Crippen LogP contribution in [0.1, 0.15) is 24.0 Å². The molecule has 0 radical (unpaired) electrons. The number of ether oxygens (including phenoxy) is 1. The maximum atomic E-state index is 12.1. The van der Waals surface area contributed by atoms with Crippen LogP contribution in [0.15, 0.2) is 79.1 Å². The number of rotatable bonds is 3. The van der Waals surface area contributed by atoms with Crippen molar-refractivity contribution in [3.63, 3.8) is 0 Å². The molecule has 1 aliphatic rings. The largest absolute Gasteiger partial charge is 0.457 e. The lowest BCUT2D eigenvalue weighted by Gasteiger charge is -2.16. The van der Waals surface area contributed by atoms with Crippen LogP contribution in [0.2, 0.25) is 0 Å².